The van der Waals surface area contributed by atoms with E-state index in [1.165, 1.54) is 30.7 Å². The Kier molecular flexibility index (Phi) is 6.66. The first-order valence-electron chi connectivity index (χ1n) is 10.9. The lowest BCUT2D eigenvalue weighted by Gasteiger charge is -2.34. The lowest BCUT2D eigenvalue weighted by atomic mass is 9.96. The van der Waals surface area contributed by atoms with Crippen molar-refractivity contribution < 1.29 is 22.7 Å². The van der Waals surface area contributed by atoms with Crippen LogP contribution in [0, 0.1) is 5.92 Å². The number of aromatic nitrogens is 1. The fraction of sp³-hybridized carbons (Fsp3) is 0.478. The van der Waals surface area contributed by atoms with Gasteiger partial charge in [0.15, 0.2) is 11.5 Å². The number of carbonyl (C=O) groups is 1. The van der Waals surface area contributed by atoms with E-state index in [1.807, 2.05) is 23.1 Å². The maximum Gasteiger partial charge on any atom is 0.243 e. The Morgan fingerprint density at radius 2 is 1.75 bits per heavy atom. The van der Waals surface area contributed by atoms with E-state index < -0.39 is 10.0 Å². The Morgan fingerprint density at radius 1 is 1.00 bits per heavy atom. The molecule has 0 bridgehead atoms. The fourth-order valence-electron chi connectivity index (χ4n) is 4.61. The van der Waals surface area contributed by atoms with Crippen molar-refractivity contribution in [3.8, 4) is 11.5 Å². The Balaban J connectivity index is 1.43. The topological polar surface area (TPSA) is 89.0 Å². The van der Waals surface area contributed by atoms with Gasteiger partial charge in [-0.2, -0.15) is 4.31 Å². The summed E-state index contributed by atoms with van der Waals surface area (Å²) in [5.74, 6) is 0.787. The van der Waals surface area contributed by atoms with Gasteiger partial charge >= 0.3 is 0 Å². The van der Waals surface area contributed by atoms with Gasteiger partial charge in [-0.3, -0.25) is 9.78 Å². The van der Waals surface area contributed by atoms with Gasteiger partial charge in [-0.15, -0.1) is 0 Å². The maximum atomic E-state index is 13.3. The number of likely N-dealkylation sites (tertiary alicyclic amines) is 1. The number of hydrogen-bond donors (Lipinski definition) is 0. The Bertz CT molecular complexity index is 1050. The van der Waals surface area contributed by atoms with Crippen LogP contribution in [-0.2, 0) is 14.8 Å². The van der Waals surface area contributed by atoms with Crippen molar-refractivity contribution in [2.75, 3.05) is 33.9 Å². The Labute approximate surface area is 189 Å². The van der Waals surface area contributed by atoms with Gasteiger partial charge in [0.05, 0.1) is 30.9 Å². The molecule has 8 nitrogen and oxygen atoms in total. The number of hydrogen-bond acceptors (Lipinski definition) is 6. The molecule has 32 heavy (non-hydrogen) atoms. The summed E-state index contributed by atoms with van der Waals surface area (Å²) >= 11 is 0. The van der Waals surface area contributed by atoms with E-state index in [0.717, 1.165) is 25.1 Å². The van der Waals surface area contributed by atoms with Crippen molar-refractivity contribution in [3.63, 3.8) is 0 Å². The van der Waals surface area contributed by atoms with Gasteiger partial charge in [0.25, 0.3) is 0 Å². The average Bonchev–Trinajstić information content (AvgIpc) is 3.33. The summed E-state index contributed by atoms with van der Waals surface area (Å²) in [4.78, 5) is 19.8. The molecule has 4 rings (SSSR count). The van der Waals surface area contributed by atoms with Gasteiger partial charge in [0.1, 0.15) is 0 Å². The lowest BCUT2D eigenvalue weighted by Crippen LogP contribution is -2.44. The molecular formula is C23H29N3O5S. The molecule has 2 saturated heterocycles. The molecule has 2 aromatic rings. The number of nitrogens with zero attached hydrogens (tertiary/aromatic N) is 3. The zero-order valence-electron chi connectivity index (χ0n) is 18.4. The first-order valence-corrected chi connectivity index (χ1v) is 12.3. The SMILES string of the molecule is COc1ccc(S(=O)(=O)N2CCC(C(=O)N3CCCC3c3ccccn3)CC2)cc1OC. The number of benzene rings is 1. The summed E-state index contributed by atoms with van der Waals surface area (Å²) in [6.07, 6.45) is 4.65. The third-order valence-corrected chi connectivity index (χ3v) is 8.26. The molecule has 1 atom stereocenters. The number of piperidine rings is 1. The summed E-state index contributed by atoms with van der Waals surface area (Å²) in [5, 5.41) is 0. The first kappa shape index (κ1) is 22.5. The van der Waals surface area contributed by atoms with Gasteiger partial charge < -0.3 is 14.4 Å². The molecule has 1 unspecified atom stereocenters. The van der Waals surface area contributed by atoms with Crippen molar-refractivity contribution in [1.29, 1.82) is 0 Å². The average molecular weight is 460 g/mol. The van der Waals surface area contributed by atoms with Crippen molar-refractivity contribution in [3.05, 3.63) is 48.3 Å². The van der Waals surface area contributed by atoms with E-state index in [1.54, 1.807) is 12.3 Å². The van der Waals surface area contributed by atoms with E-state index in [-0.39, 0.29) is 22.8 Å². The molecule has 9 heteroatoms. The van der Waals surface area contributed by atoms with Gasteiger partial charge in [0.2, 0.25) is 15.9 Å². The summed E-state index contributed by atoms with van der Waals surface area (Å²) in [6, 6.07) is 10.4. The predicted octanol–water partition coefficient (Wildman–Crippen LogP) is 2.86. The fourth-order valence-corrected chi connectivity index (χ4v) is 6.10. The van der Waals surface area contributed by atoms with Crippen molar-refractivity contribution >= 4 is 15.9 Å². The minimum absolute atomic E-state index is 0.0113. The van der Waals surface area contributed by atoms with Crippen molar-refractivity contribution in [2.45, 2.75) is 36.6 Å². The number of sulfonamides is 1. The molecule has 0 radical (unpaired) electrons. The van der Waals surface area contributed by atoms with Gasteiger partial charge in [-0.25, -0.2) is 8.42 Å². The van der Waals surface area contributed by atoms with E-state index in [9.17, 15) is 13.2 Å². The highest BCUT2D eigenvalue weighted by Crippen LogP contribution is 2.35. The predicted molar refractivity (Wildman–Crippen MR) is 119 cm³/mol. The number of methoxy groups -OCH3 is 2. The largest absolute Gasteiger partial charge is 0.493 e. The van der Waals surface area contributed by atoms with Crippen LogP contribution in [-0.4, -0.2) is 62.4 Å². The second-order valence-electron chi connectivity index (χ2n) is 8.14. The Hall–Kier alpha value is -2.65. The third-order valence-electron chi connectivity index (χ3n) is 6.36. The minimum Gasteiger partial charge on any atom is -0.493 e. The molecule has 0 aliphatic carbocycles. The van der Waals surface area contributed by atoms with E-state index in [0.29, 0.717) is 37.4 Å². The maximum absolute atomic E-state index is 13.3. The van der Waals surface area contributed by atoms with Crippen LogP contribution < -0.4 is 9.47 Å². The second kappa shape index (κ2) is 9.46. The highest BCUT2D eigenvalue weighted by molar-refractivity contribution is 7.89. The molecule has 3 heterocycles. The van der Waals surface area contributed by atoms with Crippen LogP contribution in [0.15, 0.2) is 47.5 Å². The van der Waals surface area contributed by atoms with E-state index in [4.69, 9.17) is 9.47 Å². The minimum atomic E-state index is -3.68. The molecule has 2 aliphatic heterocycles. The molecule has 172 valence electrons. The highest BCUT2D eigenvalue weighted by Gasteiger charge is 2.38. The normalized spacial score (nSPS) is 20.3. The molecule has 2 aliphatic rings. The van der Waals surface area contributed by atoms with Crippen LogP contribution in [0.25, 0.3) is 0 Å². The Morgan fingerprint density at radius 3 is 2.41 bits per heavy atom. The van der Waals surface area contributed by atoms with E-state index >= 15 is 0 Å². The van der Waals surface area contributed by atoms with Gasteiger partial charge in [0, 0.05) is 37.8 Å². The quantitative estimate of drug-likeness (QED) is 0.660. The second-order valence-corrected chi connectivity index (χ2v) is 10.1. The summed E-state index contributed by atoms with van der Waals surface area (Å²) in [6.45, 7) is 1.36. The smallest absolute Gasteiger partial charge is 0.243 e. The number of carbonyl (C=O) groups excluding carboxylic acids is 1. The van der Waals surface area contributed by atoms with Gasteiger partial charge in [-0.05, 0) is 49.9 Å². The number of rotatable bonds is 6. The zero-order valence-corrected chi connectivity index (χ0v) is 19.3. The van der Waals surface area contributed by atoms with Gasteiger partial charge in [-0.1, -0.05) is 6.07 Å². The van der Waals surface area contributed by atoms with Crippen LogP contribution in [0.1, 0.15) is 37.4 Å². The standard InChI is InChI=1S/C23H29N3O5S/c1-30-21-9-8-18(16-22(21)31-2)32(28,29)25-14-10-17(11-15-25)23(27)26-13-5-7-20(26)19-6-3-4-12-24-19/h3-4,6,8-9,12,16-17,20H,5,7,10-11,13-15H2,1-2H3. The molecule has 0 saturated carbocycles. The summed E-state index contributed by atoms with van der Waals surface area (Å²) in [7, 11) is -0.698. The number of pyridine rings is 1. The molecule has 1 aromatic carbocycles. The molecule has 1 aromatic heterocycles. The number of ether oxygens (including phenoxy) is 2. The van der Waals surface area contributed by atoms with E-state index in [2.05, 4.69) is 4.98 Å². The zero-order chi connectivity index (χ0) is 22.7. The van der Waals surface area contributed by atoms with Crippen molar-refractivity contribution in [1.82, 2.24) is 14.2 Å². The van der Waals surface area contributed by atoms with Crippen LogP contribution in [0.3, 0.4) is 0 Å². The molecular weight excluding hydrogens is 430 g/mol. The molecule has 2 fully saturated rings. The van der Waals surface area contributed by atoms with Crippen LogP contribution >= 0.6 is 0 Å². The van der Waals surface area contributed by atoms with Crippen LogP contribution in [0.4, 0.5) is 0 Å². The molecule has 1 amide bonds. The molecule has 0 spiro atoms. The lowest BCUT2D eigenvalue weighted by molar-refractivity contribution is -0.137. The van der Waals surface area contributed by atoms with Crippen LogP contribution in [0.5, 0.6) is 11.5 Å². The molecule has 0 N–H and O–H groups in total. The third kappa shape index (κ3) is 4.31. The summed E-state index contributed by atoms with van der Waals surface area (Å²) < 4.78 is 38.2. The first-order chi connectivity index (χ1) is 15.5. The van der Waals surface area contributed by atoms with Crippen LogP contribution in [0.2, 0.25) is 0 Å². The van der Waals surface area contributed by atoms with Crippen molar-refractivity contribution in [2.24, 2.45) is 5.92 Å². The highest BCUT2D eigenvalue weighted by atomic mass is 32.2. The monoisotopic (exact) mass is 459 g/mol. The number of amides is 1. The summed E-state index contributed by atoms with van der Waals surface area (Å²) in [5.41, 5.74) is 0.923.